The second kappa shape index (κ2) is 4.62. The number of hydrogen-bond donors (Lipinski definition) is 0. The van der Waals surface area contributed by atoms with Gasteiger partial charge in [-0.05, 0) is 13.3 Å². The molecule has 0 unspecified atom stereocenters. The first-order chi connectivity index (χ1) is 4.66. The van der Waals surface area contributed by atoms with Crippen molar-refractivity contribution in [1.82, 2.24) is 0 Å². The molecule has 8 heavy (non-hydrogen) atoms. The topological polar surface area (TPSA) is 26.3 Å². The van der Waals surface area contributed by atoms with Gasteiger partial charge in [0.25, 0.3) is 0 Å². The Labute approximate surface area is 52.6 Å². The first-order valence-corrected chi connectivity index (χ1v) is 2.67. The first kappa shape index (κ1) is 4.36. The number of esters is 1. The second-order valence-corrected chi connectivity index (χ2v) is 1.34. The Bertz CT molecular complexity index is 104. The van der Waals surface area contributed by atoms with Gasteiger partial charge in [0, 0.05) is 9.16 Å². The Kier molecular flexibility index (Phi) is 2.52. The van der Waals surface area contributed by atoms with Crippen LogP contribution < -0.4 is 0 Å². The van der Waals surface area contributed by atoms with Gasteiger partial charge in [-0.25, -0.2) is 0 Å². The molecule has 2 nitrogen and oxygen atoms in total. The summed E-state index contributed by atoms with van der Waals surface area (Å²) in [5.41, 5.74) is 0. The Morgan fingerprint density at radius 3 is 3.12 bits per heavy atom. The van der Waals surface area contributed by atoms with E-state index in [-0.39, 0.29) is 18.8 Å². The van der Waals surface area contributed by atoms with E-state index in [1.165, 1.54) is 0 Å². The summed E-state index contributed by atoms with van der Waals surface area (Å²) < 4.78 is 18.1. The molecule has 0 amide bonds. The lowest BCUT2D eigenvalue weighted by Gasteiger charge is -1.96. The molecule has 0 spiro atoms. The van der Waals surface area contributed by atoms with E-state index in [1.54, 1.807) is 6.92 Å². The standard InChI is InChI=1S/C6H12O2/c1-3-5-6(7)8-4-2/h3-5H2,1-2H3/i1D2. The molecule has 0 heterocycles. The van der Waals surface area contributed by atoms with Gasteiger partial charge in [-0.3, -0.25) is 4.79 Å². The zero-order valence-corrected chi connectivity index (χ0v) is 5.02. The molecule has 0 aromatic heterocycles. The minimum atomic E-state index is -0.913. The van der Waals surface area contributed by atoms with Crippen LogP contribution in [0.25, 0.3) is 0 Å². The summed E-state index contributed by atoms with van der Waals surface area (Å²) in [5.74, 6) is -0.313. The van der Waals surface area contributed by atoms with Gasteiger partial charge in [0.2, 0.25) is 0 Å². The van der Waals surface area contributed by atoms with E-state index < -0.39 is 6.88 Å². The third kappa shape index (κ3) is 3.65. The maximum absolute atomic E-state index is 10.6. The summed E-state index contributed by atoms with van der Waals surface area (Å²) in [6, 6.07) is 0. The van der Waals surface area contributed by atoms with Gasteiger partial charge in [0.05, 0.1) is 6.61 Å². The van der Waals surface area contributed by atoms with Gasteiger partial charge >= 0.3 is 5.97 Å². The minimum Gasteiger partial charge on any atom is -0.466 e. The molecular weight excluding hydrogens is 104 g/mol. The predicted molar refractivity (Wildman–Crippen MR) is 31.5 cm³/mol. The molecule has 0 aromatic rings. The molecular formula is C6H12O2. The molecule has 0 aliphatic carbocycles. The number of ether oxygens (including phenoxy) is 1. The van der Waals surface area contributed by atoms with Crippen molar-refractivity contribution in [1.29, 1.82) is 0 Å². The molecule has 0 aliphatic heterocycles. The highest BCUT2D eigenvalue weighted by Crippen LogP contribution is 1.89. The van der Waals surface area contributed by atoms with Crippen molar-refractivity contribution >= 4 is 5.97 Å². The fourth-order valence-electron chi connectivity index (χ4n) is 0.351. The highest BCUT2D eigenvalue weighted by atomic mass is 16.5. The zero-order chi connectivity index (χ0) is 7.98. The minimum absolute atomic E-state index is 0.186. The normalized spacial score (nSPS) is 12.8. The highest BCUT2D eigenvalue weighted by Gasteiger charge is 1.95. The summed E-state index contributed by atoms with van der Waals surface area (Å²) >= 11 is 0. The predicted octanol–water partition coefficient (Wildman–Crippen LogP) is 1.35. The van der Waals surface area contributed by atoms with Gasteiger partial charge in [-0.1, -0.05) is 6.88 Å². The molecule has 0 N–H and O–H groups in total. The van der Waals surface area contributed by atoms with E-state index in [0.717, 1.165) is 0 Å². The first-order valence-electron chi connectivity index (χ1n) is 3.82. The average molecular weight is 118 g/mol. The molecule has 48 valence electrons. The molecule has 0 rings (SSSR count). The maximum Gasteiger partial charge on any atom is 0.305 e. The van der Waals surface area contributed by atoms with Crippen LogP contribution in [-0.2, 0) is 9.53 Å². The number of carbonyl (C=O) groups excluding carboxylic acids is 1. The van der Waals surface area contributed by atoms with Crippen LogP contribution in [0.2, 0.25) is 0 Å². The van der Waals surface area contributed by atoms with Crippen LogP contribution in [-0.4, -0.2) is 12.6 Å². The van der Waals surface area contributed by atoms with Crippen molar-refractivity contribution in [2.45, 2.75) is 26.6 Å². The lowest BCUT2D eigenvalue weighted by Crippen LogP contribution is -2.01. The van der Waals surface area contributed by atoms with Crippen molar-refractivity contribution in [2.75, 3.05) is 6.61 Å². The molecule has 0 saturated heterocycles. The van der Waals surface area contributed by atoms with Crippen molar-refractivity contribution in [2.24, 2.45) is 0 Å². The van der Waals surface area contributed by atoms with E-state index in [0.29, 0.717) is 6.61 Å². The molecule has 0 radical (unpaired) electrons. The third-order valence-corrected chi connectivity index (χ3v) is 0.654. The van der Waals surface area contributed by atoms with Crippen molar-refractivity contribution in [3.05, 3.63) is 0 Å². The van der Waals surface area contributed by atoms with Crippen LogP contribution in [0.15, 0.2) is 0 Å². The van der Waals surface area contributed by atoms with E-state index in [9.17, 15) is 4.79 Å². The number of carbonyl (C=O) groups is 1. The Morgan fingerprint density at radius 1 is 1.88 bits per heavy atom. The molecule has 0 saturated carbocycles. The van der Waals surface area contributed by atoms with Crippen LogP contribution >= 0.6 is 0 Å². The Morgan fingerprint density at radius 2 is 2.62 bits per heavy atom. The summed E-state index contributed by atoms with van der Waals surface area (Å²) in [7, 11) is 0. The molecule has 0 aromatic carbocycles. The van der Waals surface area contributed by atoms with Crippen molar-refractivity contribution in [3.63, 3.8) is 0 Å². The largest absolute Gasteiger partial charge is 0.466 e. The molecule has 0 atom stereocenters. The number of rotatable bonds is 3. The summed E-state index contributed by atoms with van der Waals surface area (Å²) in [5, 5.41) is 0. The Hall–Kier alpha value is -0.530. The molecule has 0 fully saturated rings. The molecule has 2 heteroatoms. The summed E-state index contributed by atoms with van der Waals surface area (Å²) in [6.07, 6.45) is 0.449. The third-order valence-electron chi connectivity index (χ3n) is 0.654. The average Bonchev–Trinajstić information content (AvgIpc) is 1.85. The van der Waals surface area contributed by atoms with Crippen LogP contribution in [0, 0.1) is 0 Å². The molecule has 0 aliphatic rings. The maximum atomic E-state index is 10.6. The lowest BCUT2D eigenvalue weighted by atomic mass is 10.3. The van der Waals surface area contributed by atoms with Gasteiger partial charge in [0.15, 0.2) is 0 Å². The van der Waals surface area contributed by atoms with Crippen LogP contribution in [0.4, 0.5) is 0 Å². The van der Waals surface area contributed by atoms with Crippen LogP contribution in [0.5, 0.6) is 0 Å². The van der Waals surface area contributed by atoms with E-state index in [4.69, 9.17) is 2.74 Å². The monoisotopic (exact) mass is 118 g/mol. The Balaban J connectivity index is 3.22. The van der Waals surface area contributed by atoms with Crippen molar-refractivity contribution in [3.8, 4) is 0 Å². The molecule has 0 bridgehead atoms. The van der Waals surface area contributed by atoms with Crippen LogP contribution in [0.1, 0.15) is 29.4 Å². The smallest absolute Gasteiger partial charge is 0.305 e. The number of hydrogen-bond acceptors (Lipinski definition) is 2. The lowest BCUT2D eigenvalue weighted by molar-refractivity contribution is -0.143. The van der Waals surface area contributed by atoms with E-state index in [2.05, 4.69) is 4.74 Å². The SMILES string of the molecule is [2H]C([2H])CCC(=O)OCC. The highest BCUT2D eigenvalue weighted by molar-refractivity contribution is 5.69. The summed E-state index contributed by atoms with van der Waals surface area (Å²) in [4.78, 5) is 10.6. The zero-order valence-electron chi connectivity index (χ0n) is 7.02. The summed E-state index contributed by atoms with van der Waals surface area (Å²) in [6.45, 7) is 1.19. The van der Waals surface area contributed by atoms with Gasteiger partial charge in [-0.15, -0.1) is 0 Å². The quantitative estimate of drug-likeness (QED) is 0.523. The second-order valence-electron chi connectivity index (χ2n) is 1.34. The van der Waals surface area contributed by atoms with Crippen molar-refractivity contribution < 1.29 is 12.3 Å². The van der Waals surface area contributed by atoms with Gasteiger partial charge in [-0.2, -0.15) is 0 Å². The fraction of sp³-hybridized carbons (Fsp3) is 0.833. The fourth-order valence-corrected chi connectivity index (χ4v) is 0.351. The van der Waals surface area contributed by atoms with E-state index in [1.807, 2.05) is 0 Å². The van der Waals surface area contributed by atoms with Gasteiger partial charge in [0.1, 0.15) is 0 Å². The van der Waals surface area contributed by atoms with Gasteiger partial charge < -0.3 is 4.74 Å². The van der Waals surface area contributed by atoms with Crippen LogP contribution in [0.3, 0.4) is 0 Å². The van der Waals surface area contributed by atoms with E-state index >= 15 is 0 Å².